The average molecular weight is 299 g/mol. The van der Waals surface area contributed by atoms with Gasteiger partial charge in [0.05, 0.1) is 18.6 Å². The summed E-state index contributed by atoms with van der Waals surface area (Å²) in [5.74, 6) is -0.195. The van der Waals surface area contributed by atoms with Crippen molar-refractivity contribution in [2.24, 2.45) is 11.3 Å². The van der Waals surface area contributed by atoms with Crippen LogP contribution < -0.4 is 0 Å². The summed E-state index contributed by atoms with van der Waals surface area (Å²) >= 11 is 0. The van der Waals surface area contributed by atoms with Gasteiger partial charge in [0.1, 0.15) is 6.61 Å². The van der Waals surface area contributed by atoms with E-state index in [1.807, 2.05) is 27.7 Å². The summed E-state index contributed by atoms with van der Waals surface area (Å²) in [5, 5.41) is 10.3. The van der Waals surface area contributed by atoms with Crippen LogP contribution in [0, 0.1) is 11.3 Å². The van der Waals surface area contributed by atoms with Crippen molar-refractivity contribution in [3.05, 3.63) is 0 Å². The Balaban J connectivity index is 2.69. The lowest BCUT2D eigenvalue weighted by molar-refractivity contribution is -0.133. The second-order valence-corrected chi connectivity index (χ2v) is 6.96. The SMILES string of the molecule is CCCCC(C)(C)[C@@H](O)CC(=O)N1C(=O)OC[C@@H]1C(C)C. The number of aliphatic hydroxyl groups excluding tert-OH is 1. The molecule has 0 aliphatic carbocycles. The molecule has 1 aliphatic heterocycles. The number of imide groups is 1. The number of hydrogen-bond donors (Lipinski definition) is 1. The van der Waals surface area contributed by atoms with Crippen molar-refractivity contribution in [3.8, 4) is 0 Å². The molecule has 2 atom stereocenters. The Bertz CT molecular complexity index is 378. The van der Waals surface area contributed by atoms with Crippen LogP contribution in [0.4, 0.5) is 4.79 Å². The minimum Gasteiger partial charge on any atom is -0.447 e. The summed E-state index contributed by atoms with van der Waals surface area (Å²) < 4.78 is 4.98. The summed E-state index contributed by atoms with van der Waals surface area (Å²) in [7, 11) is 0. The zero-order valence-corrected chi connectivity index (χ0v) is 13.9. The number of unbranched alkanes of at least 4 members (excludes halogenated alkanes) is 1. The van der Waals surface area contributed by atoms with Crippen molar-refractivity contribution in [1.82, 2.24) is 4.90 Å². The summed E-state index contributed by atoms with van der Waals surface area (Å²) in [6, 6.07) is -0.226. The lowest BCUT2D eigenvalue weighted by Crippen LogP contribution is -2.44. The Kier molecular flexibility index (Phi) is 6.20. The fourth-order valence-electron chi connectivity index (χ4n) is 2.55. The number of ether oxygens (including phenoxy) is 1. The maximum atomic E-state index is 12.4. The van der Waals surface area contributed by atoms with Crippen LogP contribution in [-0.4, -0.2) is 40.8 Å². The Labute approximate surface area is 127 Å². The van der Waals surface area contributed by atoms with Crippen molar-refractivity contribution in [2.75, 3.05) is 6.61 Å². The van der Waals surface area contributed by atoms with E-state index in [0.717, 1.165) is 19.3 Å². The molecule has 1 saturated heterocycles. The molecule has 5 heteroatoms. The van der Waals surface area contributed by atoms with E-state index in [-0.39, 0.29) is 36.3 Å². The third-order valence-corrected chi connectivity index (χ3v) is 4.39. The molecule has 1 N–H and O–H groups in total. The van der Waals surface area contributed by atoms with Gasteiger partial charge in [-0.1, -0.05) is 47.5 Å². The number of hydrogen-bond acceptors (Lipinski definition) is 4. The topological polar surface area (TPSA) is 66.8 Å². The van der Waals surface area contributed by atoms with E-state index in [4.69, 9.17) is 4.74 Å². The van der Waals surface area contributed by atoms with E-state index in [1.165, 1.54) is 4.90 Å². The number of amides is 2. The van der Waals surface area contributed by atoms with Gasteiger partial charge in [0.2, 0.25) is 5.91 Å². The first-order valence-corrected chi connectivity index (χ1v) is 7.87. The van der Waals surface area contributed by atoms with Crippen LogP contribution in [0.3, 0.4) is 0 Å². The van der Waals surface area contributed by atoms with Crippen LogP contribution in [0.5, 0.6) is 0 Å². The van der Waals surface area contributed by atoms with Crippen molar-refractivity contribution >= 4 is 12.0 Å². The minimum atomic E-state index is -0.752. The van der Waals surface area contributed by atoms with Crippen molar-refractivity contribution in [2.45, 2.75) is 72.4 Å². The highest BCUT2D eigenvalue weighted by molar-refractivity contribution is 5.93. The molecule has 122 valence electrons. The van der Waals surface area contributed by atoms with E-state index in [1.54, 1.807) is 0 Å². The van der Waals surface area contributed by atoms with Crippen molar-refractivity contribution in [3.63, 3.8) is 0 Å². The molecule has 1 fully saturated rings. The van der Waals surface area contributed by atoms with E-state index in [2.05, 4.69) is 6.92 Å². The third-order valence-electron chi connectivity index (χ3n) is 4.39. The van der Waals surface area contributed by atoms with Crippen LogP contribution in [0.25, 0.3) is 0 Å². The standard InChI is InChI=1S/C16H29NO4/c1-6-7-8-16(4,5)13(18)9-14(19)17-12(11(2)3)10-21-15(17)20/h11-13,18H,6-10H2,1-5H3/t12-,13+/m1/s1. The highest BCUT2D eigenvalue weighted by Gasteiger charge is 2.41. The Morgan fingerprint density at radius 3 is 2.62 bits per heavy atom. The maximum Gasteiger partial charge on any atom is 0.416 e. The number of carbonyl (C=O) groups is 2. The molecular formula is C16H29NO4. The lowest BCUT2D eigenvalue weighted by Gasteiger charge is -2.32. The number of aliphatic hydroxyl groups is 1. The van der Waals surface area contributed by atoms with Gasteiger partial charge in [-0.2, -0.15) is 0 Å². The average Bonchev–Trinajstić information content (AvgIpc) is 2.78. The largest absolute Gasteiger partial charge is 0.447 e. The van der Waals surface area contributed by atoms with E-state index < -0.39 is 12.2 Å². The lowest BCUT2D eigenvalue weighted by atomic mass is 9.80. The molecule has 1 aliphatic rings. The number of cyclic esters (lactones) is 1. The molecule has 1 heterocycles. The molecular weight excluding hydrogens is 270 g/mol. The summed E-state index contributed by atoms with van der Waals surface area (Å²) in [6.45, 7) is 10.2. The van der Waals surface area contributed by atoms with Gasteiger partial charge in [-0.15, -0.1) is 0 Å². The first kappa shape index (κ1) is 18.0. The van der Waals surface area contributed by atoms with Crippen LogP contribution in [0.2, 0.25) is 0 Å². The number of carbonyl (C=O) groups excluding carboxylic acids is 2. The fraction of sp³-hybridized carbons (Fsp3) is 0.875. The van der Waals surface area contributed by atoms with Gasteiger partial charge in [-0.05, 0) is 17.8 Å². The highest BCUT2D eigenvalue weighted by Crippen LogP contribution is 2.31. The van der Waals surface area contributed by atoms with E-state index in [0.29, 0.717) is 0 Å². The molecule has 2 amide bonds. The van der Waals surface area contributed by atoms with Gasteiger partial charge in [-0.3, -0.25) is 4.79 Å². The highest BCUT2D eigenvalue weighted by atomic mass is 16.6. The van der Waals surface area contributed by atoms with Crippen LogP contribution >= 0.6 is 0 Å². The Morgan fingerprint density at radius 1 is 1.48 bits per heavy atom. The molecule has 0 aromatic carbocycles. The normalized spacial score (nSPS) is 20.8. The van der Waals surface area contributed by atoms with E-state index in [9.17, 15) is 14.7 Å². The van der Waals surface area contributed by atoms with Gasteiger partial charge >= 0.3 is 6.09 Å². The second-order valence-electron chi connectivity index (χ2n) is 6.96. The molecule has 0 saturated carbocycles. The molecule has 0 aromatic rings. The van der Waals surface area contributed by atoms with Gasteiger partial charge in [0.15, 0.2) is 0 Å². The maximum absolute atomic E-state index is 12.4. The summed E-state index contributed by atoms with van der Waals surface area (Å²) in [4.78, 5) is 25.3. The van der Waals surface area contributed by atoms with Crippen LogP contribution in [0.15, 0.2) is 0 Å². The molecule has 0 unspecified atom stereocenters. The summed E-state index contributed by atoms with van der Waals surface area (Å²) in [6.07, 6.45) is 1.55. The summed E-state index contributed by atoms with van der Waals surface area (Å²) in [5.41, 5.74) is -0.331. The molecule has 0 radical (unpaired) electrons. The smallest absolute Gasteiger partial charge is 0.416 e. The molecule has 5 nitrogen and oxygen atoms in total. The van der Waals surface area contributed by atoms with Gasteiger partial charge < -0.3 is 9.84 Å². The first-order chi connectivity index (χ1) is 9.70. The minimum absolute atomic E-state index is 0.0327. The third kappa shape index (κ3) is 4.43. The molecule has 0 spiro atoms. The molecule has 21 heavy (non-hydrogen) atoms. The molecule has 0 aromatic heterocycles. The zero-order valence-electron chi connectivity index (χ0n) is 13.9. The first-order valence-electron chi connectivity index (χ1n) is 7.87. The predicted molar refractivity (Wildman–Crippen MR) is 80.7 cm³/mol. The van der Waals surface area contributed by atoms with Gasteiger partial charge in [0.25, 0.3) is 0 Å². The molecule has 1 rings (SSSR count). The number of rotatable bonds is 7. The van der Waals surface area contributed by atoms with Crippen molar-refractivity contribution in [1.29, 1.82) is 0 Å². The number of nitrogens with zero attached hydrogens (tertiary/aromatic N) is 1. The fourth-order valence-corrected chi connectivity index (χ4v) is 2.55. The predicted octanol–water partition coefficient (Wildman–Crippen LogP) is 2.96. The Hall–Kier alpha value is -1.10. The quantitative estimate of drug-likeness (QED) is 0.785. The van der Waals surface area contributed by atoms with Crippen LogP contribution in [0.1, 0.15) is 60.3 Å². The Morgan fingerprint density at radius 2 is 2.10 bits per heavy atom. The van der Waals surface area contributed by atoms with Gasteiger partial charge in [-0.25, -0.2) is 9.69 Å². The molecule has 0 bridgehead atoms. The monoisotopic (exact) mass is 299 g/mol. The van der Waals surface area contributed by atoms with Crippen molar-refractivity contribution < 1.29 is 19.4 Å². The second kappa shape index (κ2) is 7.25. The van der Waals surface area contributed by atoms with E-state index >= 15 is 0 Å². The van der Waals surface area contributed by atoms with Gasteiger partial charge in [0, 0.05) is 0 Å². The zero-order chi connectivity index (χ0) is 16.2. The van der Waals surface area contributed by atoms with Crippen LogP contribution in [-0.2, 0) is 9.53 Å².